The third-order valence-corrected chi connectivity index (χ3v) is 5.77. The molecule has 1 atom stereocenters. The molecule has 4 aromatic rings. The number of carboxylic acid groups (broad SMARTS) is 1. The Morgan fingerprint density at radius 2 is 1.77 bits per heavy atom. The van der Waals surface area contributed by atoms with Crippen molar-refractivity contribution in [2.75, 3.05) is 5.32 Å². The first-order chi connectivity index (χ1) is 15.0. The third-order valence-electron chi connectivity index (χ3n) is 4.52. The van der Waals surface area contributed by atoms with E-state index < -0.39 is 11.2 Å². The highest BCUT2D eigenvalue weighted by Gasteiger charge is 2.23. The summed E-state index contributed by atoms with van der Waals surface area (Å²) in [7, 11) is 0. The fourth-order valence-corrected chi connectivity index (χ4v) is 3.88. The van der Waals surface area contributed by atoms with Gasteiger partial charge in [0.05, 0.1) is 23.3 Å². The number of hydrogen-bond donors (Lipinski definition) is 3. The van der Waals surface area contributed by atoms with E-state index in [0.29, 0.717) is 40.2 Å². The Kier molecular flexibility index (Phi) is 5.94. The maximum Gasteiger partial charge on any atom is 0.335 e. The summed E-state index contributed by atoms with van der Waals surface area (Å²) in [5.41, 5.74) is 1.95. The van der Waals surface area contributed by atoms with Crippen molar-refractivity contribution in [3.63, 3.8) is 0 Å². The molecule has 31 heavy (non-hydrogen) atoms. The molecular formula is C22H19N3O5S. The minimum atomic E-state index is -1.02. The van der Waals surface area contributed by atoms with Crippen molar-refractivity contribution in [2.24, 2.45) is 0 Å². The Morgan fingerprint density at radius 3 is 2.35 bits per heavy atom. The van der Waals surface area contributed by atoms with E-state index in [4.69, 9.17) is 13.9 Å². The Balaban J connectivity index is 1.53. The number of anilines is 1. The summed E-state index contributed by atoms with van der Waals surface area (Å²) >= 11 is 1.30. The number of carboxylic acids is 1. The van der Waals surface area contributed by atoms with Crippen LogP contribution in [0.1, 0.15) is 23.7 Å². The second kappa shape index (κ2) is 8.97. The van der Waals surface area contributed by atoms with E-state index in [2.05, 4.69) is 15.3 Å². The number of carbonyl (C=O) groups is 2. The van der Waals surface area contributed by atoms with Crippen molar-refractivity contribution in [1.29, 1.82) is 0 Å². The molecule has 1 unspecified atom stereocenters. The minimum Gasteiger partial charge on any atom is -0.478 e. The minimum absolute atomic E-state index is 0.158. The van der Waals surface area contributed by atoms with Gasteiger partial charge in [-0.05, 0) is 55.0 Å². The number of nitrogens with zero attached hydrogens (tertiary/aromatic N) is 1. The first-order valence-corrected chi connectivity index (χ1v) is 10.4. The van der Waals surface area contributed by atoms with Crippen LogP contribution in [0.15, 0.2) is 75.0 Å². The van der Waals surface area contributed by atoms with Crippen molar-refractivity contribution in [3.05, 3.63) is 66.6 Å². The van der Waals surface area contributed by atoms with Crippen molar-refractivity contribution in [3.8, 4) is 22.9 Å². The summed E-state index contributed by atoms with van der Waals surface area (Å²) in [6.45, 7) is 1.91. The monoisotopic (exact) mass is 437 g/mol. The van der Waals surface area contributed by atoms with Crippen LogP contribution in [0.4, 0.5) is 5.69 Å². The summed E-state index contributed by atoms with van der Waals surface area (Å²) in [6, 6.07) is 13.2. The van der Waals surface area contributed by atoms with Gasteiger partial charge >= 0.3 is 5.97 Å². The number of aromatic carboxylic acids is 1. The molecule has 0 radical (unpaired) electrons. The van der Waals surface area contributed by atoms with Gasteiger partial charge in [-0.15, -0.1) is 0 Å². The van der Waals surface area contributed by atoms with Gasteiger partial charge in [0.1, 0.15) is 11.4 Å². The van der Waals surface area contributed by atoms with Crippen LogP contribution in [0, 0.1) is 0 Å². The Bertz CT molecular complexity index is 1110. The zero-order chi connectivity index (χ0) is 21.8. The lowest BCUT2D eigenvalue weighted by molar-refractivity contribution is -0.115. The van der Waals surface area contributed by atoms with E-state index in [1.807, 2.05) is 19.1 Å². The van der Waals surface area contributed by atoms with Crippen LogP contribution in [-0.2, 0) is 4.79 Å². The van der Waals surface area contributed by atoms with Crippen molar-refractivity contribution in [2.45, 2.75) is 23.8 Å². The fraction of sp³-hybridized carbons (Fsp3) is 0.136. The summed E-state index contributed by atoms with van der Waals surface area (Å²) in [6.07, 6.45) is 3.71. The van der Waals surface area contributed by atoms with Gasteiger partial charge in [-0.25, -0.2) is 9.78 Å². The highest BCUT2D eigenvalue weighted by Crippen LogP contribution is 2.35. The molecule has 3 N–H and O–H groups in total. The van der Waals surface area contributed by atoms with Crippen molar-refractivity contribution < 1.29 is 23.5 Å². The lowest BCUT2D eigenvalue weighted by Crippen LogP contribution is -2.24. The van der Waals surface area contributed by atoms with Gasteiger partial charge in [0.2, 0.25) is 5.91 Å². The molecule has 0 aliphatic carbocycles. The van der Waals surface area contributed by atoms with Crippen LogP contribution in [-0.4, -0.2) is 32.2 Å². The third kappa shape index (κ3) is 4.56. The van der Waals surface area contributed by atoms with Crippen LogP contribution in [0.5, 0.6) is 0 Å². The van der Waals surface area contributed by atoms with Gasteiger partial charge < -0.3 is 24.2 Å². The zero-order valence-corrected chi connectivity index (χ0v) is 17.3. The molecule has 0 aliphatic rings. The highest BCUT2D eigenvalue weighted by atomic mass is 32.2. The van der Waals surface area contributed by atoms with Gasteiger partial charge in [0, 0.05) is 5.69 Å². The standard InChI is InChI=1S/C22H19N3O5S/c1-2-17(20(26)23-14-9-7-13(8-10-14)21(27)28)31-22-24-18(15-5-3-11-29-15)19(25-22)16-6-4-12-30-16/h3-12,17H,2H2,1H3,(H,23,26)(H,24,25)(H,27,28). The van der Waals surface area contributed by atoms with Crippen molar-refractivity contribution in [1.82, 2.24) is 9.97 Å². The summed E-state index contributed by atoms with van der Waals surface area (Å²) in [5.74, 6) is -0.0178. The predicted molar refractivity (Wildman–Crippen MR) is 116 cm³/mol. The number of carbonyl (C=O) groups excluding carboxylic acids is 1. The number of aromatic amines is 1. The molecule has 0 saturated carbocycles. The van der Waals surface area contributed by atoms with Gasteiger partial charge in [-0.2, -0.15) is 0 Å². The van der Waals surface area contributed by atoms with Gasteiger partial charge in [0.15, 0.2) is 16.7 Å². The molecule has 158 valence electrons. The number of rotatable bonds is 8. The molecule has 0 aliphatic heterocycles. The van der Waals surface area contributed by atoms with Gasteiger partial charge in [-0.1, -0.05) is 18.7 Å². The topological polar surface area (TPSA) is 121 Å². The summed E-state index contributed by atoms with van der Waals surface area (Å²) in [4.78, 5) is 31.6. The van der Waals surface area contributed by atoms with E-state index in [-0.39, 0.29) is 11.5 Å². The number of thioether (sulfide) groups is 1. The quantitative estimate of drug-likeness (QED) is 0.326. The average molecular weight is 437 g/mol. The van der Waals surface area contributed by atoms with Crippen LogP contribution >= 0.6 is 11.8 Å². The van der Waals surface area contributed by atoms with Crippen LogP contribution in [0.2, 0.25) is 0 Å². The number of H-pyrrole nitrogens is 1. The van der Waals surface area contributed by atoms with E-state index >= 15 is 0 Å². The molecule has 0 bridgehead atoms. The maximum absolute atomic E-state index is 12.8. The normalized spacial score (nSPS) is 11.9. The molecule has 3 heterocycles. The number of amides is 1. The van der Waals surface area contributed by atoms with Crippen LogP contribution in [0.25, 0.3) is 22.9 Å². The smallest absolute Gasteiger partial charge is 0.335 e. The lowest BCUT2D eigenvalue weighted by atomic mass is 10.2. The first-order valence-electron chi connectivity index (χ1n) is 9.53. The summed E-state index contributed by atoms with van der Waals surface area (Å²) < 4.78 is 11.0. The predicted octanol–water partition coefficient (Wildman–Crippen LogP) is 5.14. The number of furan rings is 2. The van der Waals surface area contributed by atoms with Crippen LogP contribution in [0.3, 0.4) is 0 Å². The second-order valence-corrected chi connectivity index (χ2v) is 7.80. The Hall–Kier alpha value is -3.72. The molecule has 8 nitrogen and oxygen atoms in total. The average Bonchev–Trinajstić information content (AvgIpc) is 3.53. The Morgan fingerprint density at radius 1 is 1.10 bits per heavy atom. The zero-order valence-electron chi connectivity index (χ0n) is 16.5. The number of benzene rings is 1. The van der Waals surface area contributed by atoms with Crippen LogP contribution < -0.4 is 5.32 Å². The molecule has 0 fully saturated rings. The molecule has 3 aromatic heterocycles. The largest absolute Gasteiger partial charge is 0.478 e. The second-order valence-electron chi connectivity index (χ2n) is 6.61. The molecule has 0 saturated heterocycles. The number of nitrogens with one attached hydrogen (secondary N) is 2. The number of hydrogen-bond acceptors (Lipinski definition) is 6. The lowest BCUT2D eigenvalue weighted by Gasteiger charge is -2.13. The molecule has 4 rings (SSSR count). The molecule has 1 amide bonds. The van der Waals surface area contributed by atoms with Gasteiger partial charge in [0.25, 0.3) is 0 Å². The highest BCUT2D eigenvalue weighted by molar-refractivity contribution is 8.00. The van der Waals surface area contributed by atoms with Crippen molar-refractivity contribution >= 4 is 29.3 Å². The number of imidazole rings is 1. The van der Waals surface area contributed by atoms with E-state index in [0.717, 1.165) is 0 Å². The first kappa shape index (κ1) is 20.5. The number of aromatic nitrogens is 2. The SMILES string of the molecule is CCC(Sc1nc(-c2ccco2)c(-c2ccco2)[nH]1)C(=O)Nc1ccc(C(=O)O)cc1. The Labute approximate surface area is 181 Å². The fourth-order valence-electron chi connectivity index (χ4n) is 2.97. The molecule has 0 spiro atoms. The summed E-state index contributed by atoms with van der Waals surface area (Å²) in [5, 5.41) is 12.0. The molecular weight excluding hydrogens is 418 g/mol. The molecule has 1 aromatic carbocycles. The maximum atomic E-state index is 12.8. The van der Waals surface area contributed by atoms with E-state index in [1.165, 1.54) is 23.9 Å². The van der Waals surface area contributed by atoms with E-state index in [1.54, 1.807) is 36.8 Å². The van der Waals surface area contributed by atoms with E-state index in [9.17, 15) is 9.59 Å². The molecule has 9 heteroatoms. The van der Waals surface area contributed by atoms with Gasteiger partial charge in [-0.3, -0.25) is 4.79 Å².